The smallest absolute Gasteiger partial charge is 0.234 e. The van der Waals surface area contributed by atoms with Crippen LogP contribution in [-0.2, 0) is 4.79 Å². The van der Waals surface area contributed by atoms with Crippen molar-refractivity contribution < 1.29 is 4.79 Å². The Morgan fingerprint density at radius 1 is 1.35 bits per heavy atom. The zero-order chi connectivity index (χ0) is 14.4. The van der Waals surface area contributed by atoms with Crippen molar-refractivity contribution in [1.29, 1.82) is 0 Å². The number of carbonyl (C=O) groups excluding carboxylic acids is 1. The van der Waals surface area contributed by atoms with Crippen LogP contribution >= 0.6 is 22.9 Å². The summed E-state index contributed by atoms with van der Waals surface area (Å²) in [6.07, 6.45) is 7.34. The normalized spacial score (nSPS) is 18.5. The molecule has 1 atom stereocenters. The Hall–Kier alpha value is -0.580. The Balaban J connectivity index is 1.71. The molecule has 1 unspecified atom stereocenters. The first-order valence-electron chi connectivity index (χ1n) is 7.43. The minimum Gasteiger partial charge on any atom is -0.352 e. The fraction of sp³-hybridized carbons (Fsp3) is 0.667. The predicted octanol–water partition coefficient (Wildman–Crippen LogP) is 3.89. The van der Waals surface area contributed by atoms with E-state index in [1.807, 2.05) is 12.1 Å². The van der Waals surface area contributed by atoms with Gasteiger partial charge in [0.1, 0.15) is 0 Å². The van der Waals surface area contributed by atoms with Crippen LogP contribution < -0.4 is 10.6 Å². The molecule has 1 aliphatic carbocycles. The van der Waals surface area contributed by atoms with E-state index in [2.05, 4.69) is 17.6 Å². The largest absolute Gasteiger partial charge is 0.352 e. The number of halogens is 1. The van der Waals surface area contributed by atoms with E-state index in [0.717, 1.165) is 22.1 Å². The molecule has 1 amide bonds. The first-order chi connectivity index (χ1) is 9.65. The summed E-state index contributed by atoms with van der Waals surface area (Å²) in [5, 5.41) is 6.40. The average Bonchev–Trinajstić information content (AvgIpc) is 2.70. The molecule has 5 heteroatoms. The molecule has 0 aromatic carbocycles. The number of rotatable bonds is 5. The van der Waals surface area contributed by atoms with E-state index < -0.39 is 0 Å². The van der Waals surface area contributed by atoms with Gasteiger partial charge in [-0.25, -0.2) is 0 Å². The molecule has 0 saturated heterocycles. The summed E-state index contributed by atoms with van der Waals surface area (Å²) >= 11 is 7.48. The molecule has 0 spiro atoms. The third-order valence-corrected chi connectivity index (χ3v) is 5.22. The maximum absolute atomic E-state index is 12.0. The van der Waals surface area contributed by atoms with Crippen molar-refractivity contribution in [3.8, 4) is 0 Å². The van der Waals surface area contributed by atoms with Crippen molar-refractivity contribution in [3.05, 3.63) is 21.3 Å². The van der Waals surface area contributed by atoms with E-state index in [1.54, 1.807) is 11.3 Å². The fourth-order valence-electron chi connectivity index (χ4n) is 2.61. The molecule has 2 rings (SSSR count). The molecule has 0 bridgehead atoms. The lowest BCUT2D eigenvalue weighted by Gasteiger charge is -2.17. The van der Waals surface area contributed by atoms with E-state index in [4.69, 9.17) is 11.6 Å². The van der Waals surface area contributed by atoms with Crippen LogP contribution in [0.1, 0.15) is 56.4 Å². The first kappa shape index (κ1) is 15.8. The number of hydrogen-bond donors (Lipinski definition) is 2. The summed E-state index contributed by atoms with van der Waals surface area (Å²) in [6, 6.07) is 4.44. The Morgan fingerprint density at radius 3 is 2.65 bits per heavy atom. The molecule has 0 aliphatic heterocycles. The Morgan fingerprint density at radius 2 is 2.05 bits per heavy atom. The van der Waals surface area contributed by atoms with Gasteiger partial charge in [0.05, 0.1) is 10.9 Å². The molecular weight excluding hydrogens is 292 g/mol. The quantitative estimate of drug-likeness (QED) is 0.810. The minimum absolute atomic E-state index is 0.103. The van der Waals surface area contributed by atoms with Gasteiger partial charge in [0.2, 0.25) is 5.91 Å². The van der Waals surface area contributed by atoms with Gasteiger partial charge in [0.15, 0.2) is 0 Å². The summed E-state index contributed by atoms with van der Waals surface area (Å²) in [4.78, 5) is 13.1. The van der Waals surface area contributed by atoms with Crippen LogP contribution in [-0.4, -0.2) is 18.5 Å². The zero-order valence-electron chi connectivity index (χ0n) is 12.0. The summed E-state index contributed by atoms with van der Waals surface area (Å²) in [5.74, 6) is 0.103. The molecule has 112 valence electrons. The Bertz CT molecular complexity index is 427. The Labute approximate surface area is 130 Å². The molecule has 1 fully saturated rings. The molecule has 1 heterocycles. The lowest BCUT2D eigenvalue weighted by atomic mass is 10.1. The highest BCUT2D eigenvalue weighted by Crippen LogP contribution is 2.26. The van der Waals surface area contributed by atoms with Gasteiger partial charge in [-0.3, -0.25) is 4.79 Å². The number of hydrogen-bond acceptors (Lipinski definition) is 3. The zero-order valence-corrected chi connectivity index (χ0v) is 13.5. The SMILES string of the molecule is CC(NCC(=O)NC1CCCCCC1)c1ccc(Cl)s1. The average molecular weight is 315 g/mol. The third-order valence-electron chi connectivity index (χ3n) is 3.81. The van der Waals surface area contributed by atoms with Crippen LogP contribution in [0.2, 0.25) is 4.34 Å². The molecule has 20 heavy (non-hydrogen) atoms. The Kier molecular flexibility index (Phi) is 6.33. The maximum atomic E-state index is 12.0. The second-order valence-electron chi connectivity index (χ2n) is 5.50. The van der Waals surface area contributed by atoms with Crippen LogP contribution in [0.4, 0.5) is 0 Å². The molecule has 1 aliphatic rings. The van der Waals surface area contributed by atoms with Crippen LogP contribution in [0, 0.1) is 0 Å². The highest BCUT2D eigenvalue weighted by Gasteiger charge is 2.15. The molecule has 3 nitrogen and oxygen atoms in total. The molecule has 1 saturated carbocycles. The highest BCUT2D eigenvalue weighted by atomic mass is 35.5. The van der Waals surface area contributed by atoms with Gasteiger partial charge in [0, 0.05) is 17.0 Å². The van der Waals surface area contributed by atoms with Gasteiger partial charge in [-0.1, -0.05) is 37.3 Å². The topological polar surface area (TPSA) is 41.1 Å². The lowest BCUT2D eigenvalue weighted by molar-refractivity contribution is -0.121. The molecule has 2 N–H and O–H groups in total. The van der Waals surface area contributed by atoms with Crippen molar-refractivity contribution >= 4 is 28.8 Å². The number of carbonyl (C=O) groups is 1. The van der Waals surface area contributed by atoms with Gasteiger partial charge in [0.25, 0.3) is 0 Å². The monoisotopic (exact) mass is 314 g/mol. The van der Waals surface area contributed by atoms with Crippen molar-refractivity contribution in [2.24, 2.45) is 0 Å². The standard InChI is InChI=1S/C15H23ClN2OS/c1-11(13-8-9-14(16)20-13)17-10-15(19)18-12-6-4-2-3-5-7-12/h8-9,11-12,17H,2-7,10H2,1H3,(H,18,19). The summed E-state index contributed by atoms with van der Waals surface area (Å²) < 4.78 is 0.788. The third kappa shape index (κ3) is 5.08. The minimum atomic E-state index is 0.103. The number of thiophene rings is 1. The lowest BCUT2D eigenvalue weighted by Crippen LogP contribution is -2.40. The molecule has 0 radical (unpaired) electrons. The van der Waals surface area contributed by atoms with Crippen LogP contribution in [0.15, 0.2) is 12.1 Å². The maximum Gasteiger partial charge on any atom is 0.234 e. The van der Waals surface area contributed by atoms with E-state index in [9.17, 15) is 4.79 Å². The molecule has 1 aromatic rings. The number of amides is 1. The van der Waals surface area contributed by atoms with E-state index in [0.29, 0.717) is 12.6 Å². The highest BCUT2D eigenvalue weighted by molar-refractivity contribution is 7.16. The van der Waals surface area contributed by atoms with Gasteiger partial charge in [-0.15, -0.1) is 11.3 Å². The van der Waals surface area contributed by atoms with Gasteiger partial charge >= 0.3 is 0 Å². The van der Waals surface area contributed by atoms with Gasteiger partial charge in [-0.05, 0) is 31.9 Å². The second kappa shape index (κ2) is 8.01. The predicted molar refractivity (Wildman–Crippen MR) is 85.4 cm³/mol. The molecule has 1 aromatic heterocycles. The first-order valence-corrected chi connectivity index (χ1v) is 8.62. The fourth-order valence-corrected chi connectivity index (χ4v) is 3.70. The summed E-state index contributed by atoms with van der Waals surface area (Å²) in [5.41, 5.74) is 0. The van der Waals surface area contributed by atoms with Gasteiger partial charge < -0.3 is 10.6 Å². The van der Waals surface area contributed by atoms with Crippen molar-refractivity contribution in [3.63, 3.8) is 0 Å². The van der Waals surface area contributed by atoms with Gasteiger partial charge in [-0.2, -0.15) is 0 Å². The van der Waals surface area contributed by atoms with Crippen LogP contribution in [0.5, 0.6) is 0 Å². The van der Waals surface area contributed by atoms with Crippen molar-refractivity contribution in [2.45, 2.75) is 57.5 Å². The van der Waals surface area contributed by atoms with Crippen LogP contribution in [0.3, 0.4) is 0 Å². The summed E-state index contributed by atoms with van der Waals surface area (Å²) in [6.45, 7) is 2.42. The second-order valence-corrected chi connectivity index (χ2v) is 7.25. The van der Waals surface area contributed by atoms with E-state index in [1.165, 1.54) is 25.7 Å². The van der Waals surface area contributed by atoms with Crippen molar-refractivity contribution in [2.75, 3.05) is 6.54 Å². The van der Waals surface area contributed by atoms with Crippen molar-refractivity contribution in [1.82, 2.24) is 10.6 Å². The molecular formula is C15H23ClN2OS. The number of nitrogens with one attached hydrogen (secondary N) is 2. The van der Waals surface area contributed by atoms with Crippen LogP contribution in [0.25, 0.3) is 0 Å². The van der Waals surface area contributed by atoms with E-state index in [-0.39, 0.29) is 11.9 Å². The summed E-state index contributed by atoms with van der Waals surface area (Å²) in [7, 11) is 0. The van der Waals surface area contributed by atoms with E-state index >= 15 is 0 Å².